The van der Waals surface area contributed by atoms with Crippen molar-refractivity contribution in [1.29, 1.82) is 0 Å². The molecule has 0 amide bonds. The zero-order valence-corrected chi connectivity index (χ0v) is 19.2. The number of hydrogen-bond donors (Lipinski definition) is 1. The molecule has 2 heterocycles. The molecule has 0 saturated carbocycles. The second kappa shape index (κ2) is 8.44. The Bertz CT molecular complexity index is 1230. The monoisotopic (exact) mass is 466 g/mol. The quantitative estimate of drug-likeness (QED) is 0.597. The van der Waals surface area contributed by atoms with E-state index in [1.807, 2.05) is 36.4 Å². The lowest BCUT2D eigenvalue weighted by Crippen LogP contribution is -2.33. The normalized spacial score (nSPS) is 19.5. The number of rotatable bonds is 5. The van der Waals surface area contributed by atoms with Crippen LogP contribution < -0.4 is 19.5 Å². The van der Waals surface area contributed by atoms with Crippen LogP contribution in [0.5, 0.6) is 17.2 Å². The molecule has 2 aliphatic rings. The van der Waals surface area contributed by atoms with Gasteiger partial charge in [-0.3, -0.25) is 4.79 Å². The first-order valence-corrected chi connectivity index (χ1v) is 10.9. The molecule has 1 aromatic heterocycles. The topological polar surface area (TPSA) is 87.5 Å². The zero-order chi connectivity index (χ0) is 23.1. The average molecular weight is 467 g/mol. The van der Waals surface area contributed by atoms with Crippen molar-refractivity contribution in [3.63, 3.8) is 0 Å². The summed E-state index contributed by atoms with van der Waals surface area (Å²) in [5, 5.41) is 8.35. The van der Waals surface area contributed by atoms with Crippen molar-refractivity contribution >= 4 is 23.3 Å². The predicted molar refractivity (Wildman–Crippen MR) is 123 cm³/mol. The third-order valence-corrected chi connectivity index (χ3v) is 6.46. The number of allylic oxidation sites excluding steroid dienone is 2. The average Bonchev–Trinajstić information content (AvgIpc) is 3.30. The van der Waals surface area contributed by atoms with Crippen LogP contribution in [-0.4, -0.2) is 41.9 Å². The van der Waals surface area contributed by atoms with E-state index in [1.165, 1.54) is 6.33 Å². The fourth-order valence-corrected chi connectivity index (χ4v) is 4.80. The van der Waals surface area contributed by atoms with Crippen LogP contribution in [-0.2, 0) is 4.79 Å². The minimum absolute atomic E-state index is 0.0576. The second-order valence-corrected chi connectivity index (χ2v) is 8.42. The Hall–Kier alpha value is -3.52. The van der Waals surface area contributed by atoms with Gasteiger partial charge in [0.1, 0.15) is 12.4 Å². The van der Waals surface area contributed by atoms with E-state index in [4.69, 9.17) is 25.8 Å². The first-order valence-electron chi connectivity index (χ1n) is 10.5. The molecule has 1 aliphatic heterocycles. The van der Waals surface area contributed by atoms with Gasteiger partial charge in [0.05, 0.1) is 21.3 Å². The third kappa shape index (κ3) is 3.60. The summed E-state index contributed by atoms with van der Waals surface area (Å²) in [6.45, 7) is 0. The number of nitrogens with one attached hydrogen (secondary N) is 1. The Morgan fingerprint density at radius 2 is 1.70 bits per heavy atom. The van der Waals surface area contributed by atoms with Gasteiger partial charge in [-0.2, -0.15) is 10.1 Å². The van der Waals surface area contributed by atoms with Gasteiger partial charge < -0.3 is 19.5 Å². The van der Waals surface area contributed by atoms with Crippen LogP contribution in [0.25, 0.3) is 0 Å². The van der Waals surface area contributed by atoms with E-state index in [9.17, 15) is 4.79 Å². The summed E-state index contributed by atoms with van der Waals surface area (Å²) in [5.41, 5.74) is 3.44. The van der Waals surface area contributed by atoms with E-state index in [2.05, 4.69) is 15.4 Å². The fraction of sp³-hybridized carbons (Fsp3) is 0.292. The molecule has 8 nitrogen and oxygen atoms in total. The van der Waals surface area contributed by atoms with Gasteiger partial charge >= 0.3 is 0 Å². The molecule has 0 bridgehead atoms. The number of benzene rings is 2. The number of ether oxygens (including phenoxy) is 3. The summed E-state index contributed by atoms with van der Waals surface area (Å²) in [6.07, 6.45) is 2.48. The lowest BCUT2D eigenvalue weighted by atomic mass is 9.78. The van der Waals surface area contributed by atoms with Crippen molar-refractivity contribution in [3.05, 3.63) is 70.1 Å². The summed E-state index contributed by atoms with van der Waals surface area (Å²) in [4.78, 5) is 17.9. The van der Waals surface area contributed by atoms with Crippen LogP contribution in [0.3, 0.4) is 0 Å². The summed E-state index contributed by atoms with van der Waals surface area (Å²) in [6, 6.07) is 11.0. The van der Waals surface area contributed by atoms with E-state index in [-0.39, 0.29) is 17.7 Å². The number of carbonyl (C=O) groups excluding carboxylic acids is 1. The van der Waals surface area contributed by atoms with Crippen LogP contribution in [0.4, 0.5) is 5.95 Å². The number of anilines is 1. The lowest BCUT2D eigenvalue weighted by molar-refractivity contribution is -0.116. The van der Waals surface area contributed by atoms with Gasteiger partial charge in [0.25, 0.3) is 0 Å². The summed E-state index contributed by atoms with van der Waals surface area (Å²) in [7, 11) is 4.74. The van der Waals surface area contributed by atoms with Crippen molar-refractivity contribution in [2.75, 3.05) is 26.6 Å². The number of ketones is 1. The zero-order valence-electron chi connectivity index (χ0n) is 18.5. The largest absolute Gasteiger partial charge is 0.493 e. The van der Waals surface area contributed by atoms with Gasteiger partial charge in [-0.15, -0.1) is 0 Å². The van der Waals surface area contributed by atoms with Gasteiger partial charge in [-0.05, 0) is 47.7 Å². The Balaban J connectivity index is 1.57. The summed E-state index contributed by atoms with van der Waals surface area (Å²) < 4.78 is 18.2. The van der Waals surface area contributed by atoms with Crippen LogP contribution in [0.15, 0.2) is 54.0 Å². The molecule has 0 fully saturated rings. The van der Waals surface area contributed by atoms with E-state index < -0.39 is 0 Å². The molecule has 1 aliphatic carbocycles. The molecule has 2 aromatic carbocycles. The molecule has 0 radical (unpaired) electrons. The second-order valence-electron chi connectivity index (χ2n) is 7.99. The molecule has 33 heavy (non-hydrogen) atoms. The minimum Gasteiger partial charge on any atom is -0.493 e. The van der Waals surface area contributed by atoms with E-state index in [0.29, 0.717) is 46.6 Å². The van der Waals surface area contributed by atoms with Crippen LogP contribution in [0.2, 0.25) is 5.02 Å². The van der Waals surface area contributed by atoms with Crippen LogP contribution in [0.1, 0.15) is 35.9 Å². The van der Waals surface area contributed by atoms with E-state index >= 15 is 0 Å². The maximum atomic E-state index is 13.6. The molecule has 2 unspecified atom stereocenters. The van der Waals surface area contributed by atoms with Gasteiger partial charge in [-0.25, -0.2) is 4.68 Å². The van der Waals surface area contributed by atoms with Crippen LogP contribution >= 0.6 is 11.6 Å². The van der Waals surface area contributed by atoms with Gasteiger partial charge in [0.15, 0.2) is 17.3 Å². The number of Topliss-reactive ketones (excluding diaryl/α,β-unsaturated/α-hetero) is 1. The Morgan fingerprint density at radius 3 is 2.33 bits per heavy atom. The molecule has 1 N–H and O–H groups in total. The summed E-state index contributed by atoms with van der Waals surface area (Å²) in [5.74, 6) is 2.26. The molecule has 170 valence electrons. The third-order valence-electron chi connectivity index (χ3n) is 6.21. The maximum absolute atomic E-state index is 13.6. The van der Waals surface area contributed by atoms with Crippen molar-refractivity contribution in [3.8, 4) is 17.2 Å². The predicted octanol–water partition coefficient (Wildman–Crippen LogP) is 4.37. The summed E-state index contributed by atoms with van der Waals surface area (Å²) >= 11 is 6.10. The molecule has 3 aromatic rings. The molecular formula is C24H23ClN4O4. The van der Waals surface area contributed by atoms with Crippen molar-refractivity contribution in [2.24, 2.45) is 0 Å². The Morgan fingerprint density at radius 1 is 1.00 bits per heavy atom. The molecule has 9 heteroatoms. The Kier molecular flexibility index (Phi) is 5.46. The van der Waals surface area contributed by atoms with Gasteiger partial charge in [0, 0.05) is 22.7 Å². The van der Waals surface area contributed by atoms with Crippen molar-refractivity contribution < 1.29 is 19.0 Å². The number of halogens is 1. The molecular weight excluding hydrogens is 444 g/mol. The molecule has 5 rings (SSSR count). The first kappa shape index (κ1) is 21.3. The van der Waals surface area contributed by atoms with Crippen molar-refractivity contribution in [1.82, 2.24) is 14.8 Å². The number of aromatic nitrogens is 3. The number of methoxy groups -OCH3 is 3. The van der Waals surface area contributed by atoms with Gasteiger partial charge in [-0.1, -0.05) is 23.7 Å². The standard InChI is InChI=1S/C24H23ClN4O4/c1-31-19-10-15(11-20(32-2)23(19)33-3)14-8-17-21(18(30)9-14)22(13-4-6-16(25)7-5-13)29-24(28-17)26-12-27-29/h4-7,10-12,14,22H,8-9H2,1-3H3,(H,26,27,28). The number of nitrogens with zero attached hydrogens (tertiary/aromatic N) is 3. The minimum atomic E-state index is -0.357. The van der Waals surface area contributed by atoms with Gasteiger partial charge in [0.2, 0.25) is 11.7 Å². The van der Waals surface area contributed by atoms with E-state index in [0.717, 1.165) is 16.8 Å². The number of hydrogen-bond acceptors (Lipinski definition) is 7. The highest BCUT2D eigenvalue weighted by Gasteiger charge is 2.39. The maximum Gasteiger partial charge on any atom is 0.226 e. The smallest absolute Gasteiger partial charge is 0.226 e. The number of carbonyl (C=O) groups is 1. The highest BCUT2D eigenvalue weighted by atomic mass is 35.5. The number of fused-ring (bicyclic) bond motifs is 1. The molecule has 0 spiro atoms. The highest BCUT2D eigenvalue weighted by molar-refractivity contribution is 6.30. The van der Waals surface area contributed by atoms with Crippen LogP contribution in [0, 0.1) is 0 Å². The Labute approximate surface area is 196 Å². The van der Waals surface area contributed by atoms with E-state index in [1.54, 1.807) is 26.0 Å². The highest BCUT2D eigenvalue weighted by Crippen LogP contribution is 2.47. The molecule has 0 saturated heterocycles. The fourth-order valence-electron chi connectivity index (χ4n) is 4.68. The van der Waals surface area contributed by atoms with Crippen molar-refractivity contribution in [2.45, 2.75) is 24.8 Å². The molecule has 2 atom stereocenters. The first-order chi connectivity index (χ1) is 16.0. The SMILES string of the molecule is COc1cc(C2CC(=O)C3=C(C2)Nc2ncnn2C3c2ccc(Cl)cc2)cc(OC)c1OC. The lowest BCUT2D eigenvalue weighted by Gasteiger charge is -2.35.